The summed E-state index contributed by atoms with van der Waals surface area (Å²) in [5, 5.41) is 20.5. The summed E-state index contributed by atoms with van der Waals surface area (Å²) < 4.78 is 0. The second kappa shape index (κ2) is 6.67. The van der Waals surface area contributed by atoms with Crippen molar-refractivity contribution in [3.8, 4) is 11.9 Å². The van der Waals surface area contributed by atoms with Crippen LogP contribution >= 0.6 is 11.6 Å². The van der Waals surface area contributed by atoms with Gasteiger partial charge in [0, 0.05) is 24.7 Å². The molecule has 2 heterocycles. The lowest BCUT2D eigenvalue weighted by Crippen LogP contribution is -2.30. The van der Waals surface area contributed by atoms with Crippen molar-refractivity contribution in [1.29, 1.82) is 5.26 Å². The monoisotopic (exact) mass is 330 g/mol. The van der Waals surface area contributed by atoms with E-state index in [9.17, 15) is 4.79 Å². The molecule has 1 saturated heterocycles. The van der Waals surface area contributed by atoms with Gasteiger partial charge in [-0.2, -0.15) is 15.2 Å². The third kappa shape index (κ3) is 3.60. The van der Waals surface area contributed by atoms with Crippen LogP contribution in [0.5, 0.6) is 0 Å². The molecule has 8 heteroatoms. The molecule has 1 aromatic carbocycles. The minimum atomic E-state index is -0.270. The third-order valence-corrected chi connectivity index (χ3v) is 3.98. The topological polar surface area (TPSA) is 86.8 Å². The van der Waals surface area contributed by atoms with E-state index in [-0.39, 0.29) is 11.6 Å². The normalized spacial score (nSPS) is 17.0. The van der Waals surface area contributed by atoms with Gasteiger partial charge >= 0.3 is 0 Å². The van der Waals surface area contributed by atoms with Crippen LogP contribution in [0.15, 0.2) is 30.5 Å². The maximum atomic E-state index is 12.1. The first kappa shape index (κ1) is 15.3. The quantitative estimate of drug-likeness (QED) is 0.857. The van der Waals surface area contributed by atoms with Gasteiger partial charge in [-0.25, -0.2) is 0 Å². The number of nitrogens with zero attached hydrogens (tertiary/aromatic N) is 5. The largest absolute Gasteiger partial charge is 0.350 e. The molecule has 1 amide bonds. The first-order valence-electron chi connectivity index (χ1n) is 7.27. The SMILES string of the molecule is N#CN1CCC(CNC(=O)c2cnn(-c3cccc(Cl)c3)n2)C1. The molecule has 1 aliphatic rings. The molecule has 1 aromatic heterocycles. The molecule has 1 aliphatic heterocycles. The number of aromatic nitrogens is 3. The summed E-state index contributed by atoms with van der Waals surface area (Å²) in [5.74, 6) is 0.0234. The molecule has 0 bridgehead atoms. The fraction of sp³-hybridized carbons (Fsp3) is 0.333. The second-order valence-electron chi connectivity index (χ2n) is 5.41. The number of amides is 1. The Balaban J connectivity index is 1.60. The van der Waals surface area contributed by atoms with Crippen molar-refractivity contribution < 1.29 is 4.79 Å². The number of hydrogen-bond donors (Lipinski definition) is 1. The van der Waals surface area contributed by atoms with E-state index in [4.69, 9.17) is 16.9 Å². The van der Waals surface area contributed by atoms with Gasteiger partial charge in [0.15, 0.2) is 11.9 Å². The number of hydrogen-bond acceptors (Lipinski definition) is 5. The lowest BCUT2D eigenvalue weighted by atomic mass is 10.1. The predicted octanol–water partition coefficient (Wildman–Crippen LogP) is 1.45. The maximum Gasteiger partial charge on any atom is 0.273 e. The van der Waals surface area contributed by atoms with Gasteiger partial charge < -0.3 is 10.2 Å². The Morgan fingerprint density at radius 2 is 2.39 bits per heavy atom. The standard InChI is InChI=1S/C15H15ClN6O/c16-12-2-1-3-13(6-12)22-19-8-14(20-22)15(23)18-7-11-4-5-21(9-11)10-17/h1-3,6,8,11H,4-5,7,9H2,(H,18,23). The molecule has 3 rings (SSSR count). The van der Waals surface area contributed by atoms with Crippen LogP contribution in [0.3, 0.4) is 0 Å². The van der Waals surface area contributed by atoms with Crippen LogP contribution in [-0.2, 0) is 0 Å². The fourth-order valence-corrected chi connectivity index (χ4v) is 2.69. The van der Waals surface area contributed by atoms with Gasteiger partial charge in [-0.3, -0.25) is 4.79 Å². The summed E-state index contributed by atoms with van der Waals surface area (Å²) in [6.07, 6.45) is 4.45. The molecular formula is C15H15ClN6O. The molecule has 118 valence electrons. The molecule has 0 radical (unpaired) electrons. The molecule has 0 saturated carbocycles. The van der Waals surface area contributed by atoms with Crippen molar-refractivity contribution in [2.24, 2.45) is 5.92 Å². The Morgan fingerprint density at radius 3 is 3.13 bits per heavy atom. The summed E-state index contributed by atoms with van der Waals surface area (Å²) >= 11 is 5.94. The smallest absolute Gasteiger partial charge is 0.273 e. The van der Waals surface area contributed by atoms with Crippen molar-refractivity contribution in [2.75, 3.05) is 19.6 Å². The van der Waals surface area contributed by atoms with Crippen molar-refractivity contribution in [1.82, 2.24) is 25.2 Å². The van der Waals surface area contributed by atoms with Crippen LogP contribution in [0, 0.1) is 17.4 Å². The number of halogens is 1. The zero-order chi connectivity index (χ0) is 16.2. The van der Waals surface area contributed by atoms with Gasteiger partial charge in [-0.05, 0) is 30.5 Å². The Labute approximate surface area is 138 Å². The molecule has 1 unspecified atom stereocenters. The van der Waals surface area contributed by atoms with Crippen LogP contribution in [0.4, 0.5) is 0 Å². The van der Waals surface area contributed by atoms with Crippen LogP contribution in [0.1, 0.15) is 16.9 Å². The van der Waals surface area contributed by atoms with Gasteiger partial charge in [-0.1, -0.05) is 17.7 Å². The number of likely N-dealkylation sites (tertiary alicyclic amines) is 1. The van der Waals surface area contributed by atoms with E-state index in [1.165, 1.54) is 11.0 Å². The highest BCUT2D eigenvalue weighted by atomic mass is 35.5. The van der Waals surface area contributed by atoms with Gasteiger partial charge in [0.05, 0.1) is 11.9 Å². The summed E-state index contributed by atoms with van der Waals surface area (Å²) in [6, 6.07) is 7.08. The molecule has 1 fully saturated rings. The molecule has 2 aromatic rings. The van der Waals surface area contributed by atoms with Crippen molar-refractivity contribution >= 4 is 17.5 Å². The summed E-state index contributed by atoms with van der Waals surface area (Å²) in [5.41, 5.74) is 0.942. The first-order chi connectivity index (χ1) is 11.2. The Morgan fingerprint density at radius 1 is 1.52 bits per heavy atom. The molecule has 1 atom stereocenters. The lowest BCUT2D eigenvalue weighted by Gasteiger charge is -2.10. The number of benzene rings is 1. The second-order valence-corrected chi connectivity index (χ2v) is 5.85. The number of rotatable bonds is 4. The van der Waals surface area contributed by atoms with E-state index in [0.717, 1.165) is 13.0 Å². The molecule has 0 aliphatic carbocycles. The van der Waals surface area contributed by atoms with Gasteiger partial charge in [0.25, 0.3) is 5.91 Å². The number of carbonyl (C=O) groups is 1. The minimum absolute atomic E-state index is 0.250. The molecule has 1 N–H and O–H groups in total. The van der Waals surface area contributed by atoms with E-state index in [1.54, 1.807) is 23.1 Å². The average Bonchev–Trinajstić information content (AvgIpc) is 3.22. The minimum Gasteiger partial charge on any atom is -0.350 e. The van der Waals surface area contributed by atoms with E-state index in [2.05, 4.69) is 21.7 Å². The number of nitrogens with one attached hydrogen (secondary N) is 1. The number of nitriles is 1. The van der Waals surface area contributed by atoms with Gasteiger partial charge in [0.1, 0.15) is 0 Å². The van der Waals surface area contributed by atoms with E-state index < -0.39 is 0 Å². The first-order valence-corrected chi connectivity index (χ1v) is 7.64. The van der Waals surface area contributed by atoms with Crippen LogP contribution in [0.25, 0.3) is 5.69 Å². The Kier molecular flexibility index (Phi) is 4.44. The lowest BCUT2D eigenvalue weighted by molar-refractivity contribution is 0.0942. The number of carbonyl (C=O) groups excluding carboxylic acids is 1. The molecule has 7 nitrogen and oxygen atoms in total. The highest BCUT2D eigenvalue weighted by molar-refractivity contribution is 6.30. The van der Waals surface area contributed by atoms with E-state index in [0.29, 0.717) is 29.7 Å². The highest BCUT2D eigenvalue weighted by Gasteiger charge is 2.22. The zero-order valence-corrected chi connectivity index (χ0v) is 13.1. The summed E-state index contributed by atoms with van der Waals surface area (Å²) in [6.45, 7) is 1.97. The molecule has 0 spiro atoms. The van der Waals surface area contributed by atoms with Crippen LogP contribution in [0.2, 0.25) is 5.02 Å². The predicted molar refractivity (Wildman–Crippen MR) is 84.0 cm³/mol. The average molecular weight is 331 g/mol. The van der Waals surface area contributed by atoms with E-state index >= 15 is 0 Å². The Bertz CT molecular complexity index is 752. The molecule has 23 heavy (non-hydrogen) atoms. The van der Waals surface area contributed by atoms with Crippen molar-refractivity contribution in [2.45, 2.75) is 6.42 Å². The third-order valence-electron chi connectivity index (χ3n) is 3.74. The van der Waals surface area contributed by atoms with Crippen LogP contribution in [-0.4, -0.2) is 45.4 Å². The molecular weight excluding hydrogens is 316 g/mol. The zero-order valence-electron chi connectivity index (χ0n) is 12.3. The van der Waals surface area contributed by atoms with E-state index in [1.807, 2.05) is 6.07 Å². The van der Waals surface area contributed by atoms with Gasteiger partial charge in [-0.15, -0.1) is 5.10 Å². The summed E-state index contributed by atoms with van der Waals surface area (Å²) in [7, 11) is 0. The maximum absolute atomic E-state index is 12.1. The highest BCUT2D eigenvalue weighted by Crippen LogP contribution is 2.15. The van der Waals surface area contributed by atoms with Crippen molar-refractivity contribution in [3.05, 3.63) is 41.2 Å². The van der Waals surface area contributed by atoms with Crippen molar-refractivity contribution in [3.63, 3.8) is 0 Å². The fourth-order valence-electron chi connectivity index (χ4n) is 2.51. The van der Waals surface area contributed by atoms with Crippen LogP contribution < -0.4 is 5.32 Å². The Hall–Kier alpha value is -2.59. The van der Waals surface area contributed by atoms with Gasteiger partial charge in [0.2, 0.25) is 0 Å². The summed E-state index contributed by atoms with van der Waals surface area (Å²) in [4.78, 5) is 15.2.